The van der Waals surface area contributed by atoms with E-state index < -0.39 is 10.0 Å². The van der Waals surface area contributed by atoms with Crippen LogP contribution in [-0.4, -0.2) is 19.1 Å². The third kappa shape index (κ3) is 4.85. The molecule has 0 amide bonds. The molecular formula is C11H16ClN3O2S2. The van der Waals surface area contributed by atoms with Crippen molar-refractivity contribution in [3.63, 3.8) is 0 Å². The fourth-order valence-electron chi connectivity index (χ4n) is 1.31. The number of nitrogens with two attached hydrogens (primary N) is 1. The molecule has 5 nitrogen and oxygen atoms in total. The Labute approximate surface area is 123 Å². The third-order valence-electron chi connectivity index (χ3n) is 1.98. The first-order chi connectivity index (χ1) is 8.51. The molecule has 0 radical (unpaired) electrons. The molecule has 0 aliphatic rings. The Hall–Kier alpha value is -1.05. The quantitative estimate of drug-likeness (QED) is 0.572. The second kappa shape index (κ2) is 5.52. The number of anilines is 1. The van der Waals surface area contributed by atoms with Crippen molar-refractivity contribution in [2.24, 2.45) is 0 Å². The Bertz CT molecular complexity index is 594. The SMILES string of the molecule is CC(C)(C)NC(=S)NS(=O)(=O)c1ccc(Cl)cc1N. The number of thiocarbonyl (C=S) groups is 1. The van der Waals surface area contributed by atoms with Crippen LogP contribution >= 0.6 is 23.8 Å². The van der Waals surface area contributed by atoms with Crippen LogP contribution in [0.3, 0.4) is 0 Å². The Morgan fingerprint density at radius 2 is 1.95 bits per heavy atom. The van der Waals surface area contributed by atoms with Crippen LogP contribution in [0.1, 0.15) is 20.8 Å². The van der Waals surface area contributed by atoms with Crippen molar-refractivity contribution in [1.82, 2.24) is 10.0 Å². The van der Waals surface area contributed by atoms with Crippen LogP contribution in [0.15, 0.2) is 23.1 Å². The highest BCUT2D eigenvalue weighted by atomic mass is 35.5. The van der Waals surface area contributed by atoms with Crippen LogP contribution in [0.2, 0.25) is 5.02 Å². The number of halogens is 1. The van der Waals surface area contributed by atoms with Crippen LogP contribution in [0.5, 0.6) is 0 Å². The lowest BCUT2D eigenvalue weighted by molar-refractivity contribution is 0.510. The van der Waals surface area contributed by atoms with Gasteiger partial charge >= 0.3 is 0 Å². The summed E-state index contributed by atoms with van der Waals surface area (Å²) in [6.45, 7) is 5.60. The molecular weight excluding hydrogens is 306 g/mol. The lowest BCUT2D eigenvalue weighted by Crippen LogP contribution is -2.48. The zero-order chi connectivity index (χ0) is 14.8. The second-order valence-electron chi connectivity index (χ2n) is 4.99. The molecule has 0 aromatic heterocycles. The Kier molecular flexibility index (Phi) is 4.65. The molecule has 0 saturated heterocycles. The standard InChI is InChI=1S/C11H16ClN3O2S2/c1-11(2,3)14-10(18)15-19(16,17)9-5-4-7(12)6-8(9)13/h4-6H,13H2,1-3H3,(H2,14,15,18). The maximum atomic E-state index is 12.1. The van der Waals surface area contributed by atoms with Crippen molar-refractivity contribution < 1.29 is 8.42 Å². The number of hydrogen-bond acceptors (Lipinski definition) is 4. The van der Waals surface area contributed by atoms with Gasteiger partial charge in [-0.05, 0) is 51.2 Å². The summed E-state index contributed by atoms with van der Waals surface area (Å²) < 4.78 is 26.5. The van der Waals surface area contributed by atoms with Gasteiger partial charge in [0.25, 0.3) is 10.0 Å². The van der Waals surface area contributed by atoms with Gasteiger partial charge in [0.15, 0.2) is 5.11 Å². The summed E-state index contributed by atoms with van der Waals surface area (Å²) in [5.41, 5.74) is 5.37. The van der Waals surface area contributed by atoms with E-state index in [2.05, 4.69) is 10.0 Å². The summed E-state index contributed by atoms with van der Waals surface area (Å²) in [6, 6.07) is 4.16. The van der Waals surface area contributed by atoms with E-state index in [0.29, 0.717) is 5.02 Å². The van der Waals surface area contributed by atoms with Crippen molar-refractivity contribution in [1.29, 1.82) is 0 Å². The van der Waals surface area contributed by atoms with Gasteiger partial charge in [0.1, 0.15) is 4.90 Å². The molecule has 0 aliphatic carbocycles. The van der Waals surface area contributed by atoms with Gasteiger partial charge in [-0.2, -0.15) is 0 Å². The van der Waals surface area contributed by atoms with Crippen LogP contribution in [-0.2, 0) is 10.0 Å². The summed E-state index contributed by atoms with van der Waals surface area (Å²) in [5.74, 6) is 0. The molecule has 0 spiro atoms. The van der Waals surface area contributed by atoms with Crippen LogP contribution in [0.4, 0.5) is 5.69 Å². The van der Waals surface area contributed by atoms with E-state index in [1.165, 1.54) is 18.2 Å². The molecule has 0 aliphatic heterocycles. The monoisotopic (exact) mass is 321 g/mol. The highest BCUT2D eigenvalue weighted by Gasteiger charge is 2.20. The number of nitrogens with one attached hydrogen (secondary N) is 2. The van der Waals surface area contributed by atoms with Crippen LogP contribution < -0.4 is 15.8 Å². The van der Waals surface area contributed by atoms with E-state index in [1.54, 1.807) is 0 Å². The predicted molar refractivity (Wildman–Crippen MR) is 81.7 cm³/mol. The minimum atomic E-state index is -3.82. The fourth-order valence-corrected chi connectivity index (χ4v) is 3.14. The maximum absolute atomic E-state index is 12.1. The number of hydrogen-bond donors (Lipinski definition) is 3. The summed E-state index contributed by atoms with van der Waals surface area (Å²) in [4.78, 5) is -0.0602. The number of benzene rings is 1. The molecule has 0 atom stereocenters. The predicted octanol–water partition coefficient (Wildman–Crippen LogP) is 1.87. The molecule has 106 valence electrons. The zero-order valence-corrected chi connectivity index (χ0v) is 13.2. The van der Waals surface area contributed by atoms with E-state index in [1.807, 2.05) is 20.8 Å². The summed E-state index contributed by atoms with van der Waals surface area (Å²) in [7, 11) is -3.82. The third-order valence-corrected chi connectivity index (χ3v) is 3.97. The molecule has 8 heteroatoms. The summed E-state index contributed by atoms with van der Waals surface area (Å²) >= 11 is 10.7. The van der Waals surface area contributed by atoms with Gasteiger partial charge in [-0.15, -0.1) is 0 Å². The van der Waals surface area contributed by atoms with Crippen molar-refractivity contribution in [2.45, 2.75) is 31.2 Å². The fraction of sp³-hybridized carbons (Fsp3) is 0.364. The smallest absolute Gasteiger partial charge is 0.265 e. The van der Waals surface area contributed by atoms with Gasteiger partial charge < -0.3 is 11.1 Å². The average molecular weight is 322 g/mol. The minimum absolute atomic E-state index is 0.0156. The van der Waals surface area contributed by atoms with E-state index in [-0.39, 0.29) is 21.2 Å². The second-order valence-corrected chi connectivity index (χ2v) is 7.49. The molecule has 1 aromatic carbocycles. The van der Waals surface area contributed by atoms with E-state index in [9.17, 15) is 8.42 Å². The molecule has 0 fully saturated rings. The van der Waals surface area contributed by atoms with Gasteiger partial charge in [-0.3, -0.25) is 4.72 Å². The van der Waals surface area contributed by atoms with E-state index in [4.69, 9.17) is 29.6 Å². The number of rotatable bonds is 2. The zero-order valence-electron chi connectivity index (χ0n) is 10.8. The molecule has 1 rings (SSSR count). The van der Waals surface area contributed by atoms with Crippen LogP contribution in [0.25, 0.3) is 0 Å². The molecule has 0 heterocycles. The Balaban J connectivity index is 2.96. The Morgan fingerprint density at radius 3 is 2.42 bits per heavy atom. The molecule has 4 N–H and O–H groups in total. The number of nitrogen functional groups attached to an aromatic ring is 1. The van der Waals surface area contributed by atoms with Crippen molar-refractivity contribution in [2.75, 3.05) is 5.73 Å². The molecule has 0 saturated carbocycles. The average Bonchev–Trinajstić information content (AvgIpc) is 2.11. The summed E-state index contributed by atoms with van der Waals surface area (Å²) in [6.07, 6.45) is 0. The summed E-state index contributed by atoms with van der Waals surface area (Å²) in [5, 5.41) is 3.23. The van der Waals surface area contributed by atoms with E-state index >= 15 is 0 Å². The first kappa shape index (κ1) is 16.0. The Morgan fingerprint density at radius 1 is 1.37 bits per heavy atom. The van der Waals surface area contributed by atoms with Gasteiger partial charge in [-0.1, -0.05) is 11.6 Å². The van der Waals surface area contributed by atoms with Crippen molar-refractivity contribution in [3.8, 4) is 0 Å². The molecule has 19 heavy (non-hydrogen) atoms. The lowest BCUT2D eigenvalue weighted by Gasteiger charge is -2.23. The van der Waals surface area contributed by atoms with Gasteiger partial charge in [0, 0.05) is 10.6 Å². The lowest BCUT2D eigenvalue weighted by atomic mass is 10.1. The molecule has 0 bridgehead atoms. The van der Waals surface area contributed by atoms with Gasteiger partial charge in [-0.25, -0.2) is 8.42 Å². The highest BCUT2D eigenvalue weighted by molar-refractivity contribution is 7.92. The van der Waals surface area contributed by atoms with Crippen molar-refractivity contribution >= 4 is 44.6 Å². The normalized spacial score (nSPS) is 12.0. The first-order valence-corrected chi connectivity index (χ1v) is 7.68. The largest absolute Gasteiger partial charge is 0.398 e. The molecule has 0 unspecified atom stereocenters. The van der Waals surface area contributed by atoms with E-state index in [0.717, 1.165) is 0 Å². The highest BCUT2D eigenvalue weighted by Crippen LogP contribution is 2.22. The van der Waals surface area contributed by atoms with Crippen LogP contribution in [0, 0.1) is 0 Å². The van der Waals surface area contributed by atoms with Crippen molar-refractivity contribution in [3.05, 3.63) is 23.2 Å². The topological polar surface area (TPSA) is 84.2 Å². The van der Waals surface area contributed by atoms with Gasteiger partial charge in [0.05, 0.1) is 5.69 Å². The minimum Gasteiger partial charge on any atom is -0.398 e. The first-order valence-electron chi connectivity index (χ1n) is 5.41. The maximum Gasteiger partial charge on any atom is 0.265 e. The number of sulfonamides is 1. The molecule has 1 aromatic rings. The van der Waals surface area contributed by atoms with Gasteiger partial charge in [0.2, 0.25) is 0 Å².